The van der Waals surface area contributed by atoms with Gasteiger partial charge in [-0.05, 0) is 31.5 Å². The molecule has 0 amide bonds. The molecule has 0 saturated heterocycles. The molecule has 1 atom stereocenters. The van der Waals surface area contributed by atoms with E-state index < -0.39 is 6.04 Å². The van der Waals surface area contributed by atoms with Gasteiger partial charge in [-0.2, -0.15) is 0 Å². The van der Waals surface area contributed by atoms with Crippen molar-refractivity contribution < 1.29 is 9.53 Å². The van der Waals surface area contributed by atoms with Crippen LogP contribution in [0.2, 0.25) is 0 Å². The number of benzene rings is 1. The first-order chi connectivity index (χ1) is 11.8. The summed E-state index contributed by atoms with van der Waals surface area (Å²) in [6.07, 6.45) is 12.5. The van der Waals surface area contributed by atoms with Crippen LogP contribution >= 0.6 is 0 Å². The van der Waals surface area contributed by atoms with Crippen molar-refractivity contribution in [2.45, 2.75) is 77.7 Å². The fraction of sp³-hybridized carbons (Fsp3) is 0.619. The van der Waals surface area contributed by atoms with E-state index in [1.807, 2.05) is 43.5 Å². The average molecular weight is 332 g/mol. The van der Waals surface area contributed by atoms with Gasteiger partial charge < -0.3 is 4.74 Å². The van der Waals surface area contributed by atoms with Gasteiger partial charge in [0.25, 0.3) is 0 Å². The van der Waals surface area contributed by atoms with Gasteiger partial charge >= 0.3 is 5.97 Å². The number of hydrogen-bond donors (Lipinski definition) is 0. The van der Waals surface area contributed by atoms with Crippen LogP contribution in [0.15, 0.2) is 35.3 Å². The second kappa shape index (κ2) is 13.8. The molecule has 0 spiro atoms. The fourth-order valence-electron chi connectivity index (χ4n) is 2.67. The van der Waals surface area contributed by atoms with Crippen molar-refractivity contribution in [1.29, 1.82) is 0 Å². The zero-order valence-electron chi connectivity index (χ0n) is 15.4. The van der Waals surface area contributed by atoms with Gasteiger partial charge in [0.15, 0.2) is 6.04 Å². The Morgan fingerprint density at radius 1 is 1.04 bits per heavy atom. The first-order valence-corrected chi connectivity index (χ1v) is 9.50. The predicted octanol–water partition coefficient (Wildman–Crippen LogP) is 5.37. The molecule has 0 N–H and O–H groups in total. The third-order valence-corrected chi connectivity index (χ3v) is 4.05. The highest BCUT2D eigenvalue weighted by Crippen LogP contribution is 2.10. The molecule has 1 rings (SSSR count). The summed E-state index contributed by atoms with van der Waals surface area (Å²) < 4.78 is 5.16. The van der Waals surface area contributed by atoms with Crippen LogP contribution in [0.25, 0.3) is 0 Å². The minimum absolute atomic E-state index is 0.225. The summed E-state index contributed by atoms with van der Waals surface area (Å²) in [5, 5.41) is 0. The maximum absolute atomic E-state index is 12.1. The van der Waals surface area contributed by atoms with Crippen molar-refractivity contribution in [2.24, 2.45) is 4.99 Å². The van der Waals surface area contributed by atoms with Gasteiger partial charge in [-0.1, -0.05) is 75.8 Å². The molecule has 0 aliphatic heterocycles. The van der Waals surface area contributed by atoms with Crippen LogP contribution in [-0.4, -0.2) is 24.8 Å². The quantitative estimate of drug-likeness (QED) is 0.277. The molecule has 1 aromatic rings. The van der Waals surface area contributed by atoms with E-state index in [4.69, 9.17) is 4.74 Å². The summed E-state index contributed by atoms with van der Waals surface area (Å²) in [4.78, 5) is 16.6. The van der Waals surface area contributed by atoms with E-state index >= 15 is 0 Å². The summed E-state index contributed by atoms with van der Waals surface area (Å²) >= 11 is 0. The fourth-order valence-corrected chi connectivity index (χ4v) is 2.67. The van der Waals surface area contributed by atoms with Crippen LogP contribution in [0, 0.1) is 0 Å². The van der Waals surface area contributed by atoms with E-state index in [0.29, 0.717) is 13.0 Å². The standard InChI is InChI=1S/C21H33NO2/c1-3-5-6-7-8-9-10-14-17-22-20(21(23)24-4-2)18-19-15-12-11-13-16-19/h11-13,15-17,20H,3-10,14,18H2,1-2H3/t20-/m0/s1. The third kappa shape index (κ3) is 9.49. The van der Waals surface area contributed by atoms with E-state index in [1.165, 1.54) is 38.5 Å². The van der Waals surface area contributed by atoms with Gasteiger partial charge in [-0.25, -0.2) is 4.79 Å². The van der Waals surface area contributed by atoms with Gasteiger partial charge in [0.05, 0.1) is 6.61 Å². The lowest BCUT2D eigenvalue weighted by Crippen LogP contribution is -2.24. The Hall–Kier alpha value is -1.64. The van der Waals surface area contributed by atoms with Gasteiger partial charge in [0.2, 0.25) is 0 Å². The van der Waals surface area contributed by atoms with E-state index in [9.17, 15) is 4.79 Å². The highest BCUT2D eigenvalue weighted by atomic mass is 16.5. The highest BCUT2D eigenvalue weighted by molar-refractivity contribution is 5.78. The Morgan fingerprint density at radius 2 is 1.71 bits per heavy atom. The Morgan fingerprint density at radius 3 is 2.38 bits per heavy atom. The van der Waals surface area contributed by atoms with Crippen molar-refractivity contribution >= 4 is 12.2 Å². The molecule has 134 valence electrons. The maximum Gasteiger partial charge on any atom is 0.331 e. The molecule has 1 aromatic carbocycles. The number of esters is 1. The van der Waals surface area contributed by atoms with Crippen LogP contribution < -0.4 is 0 Å². The number of carbonyl (C=O) groups excluding carboxylic acids is 1. The topological polar surface area (TPSA) is 38.7 Å². The zero-order valence-corrected chi connectivity index (χ0v) is 15.4. The Balaban J connectivity index is 2.34. The second-order valence-electron chi connectivity index (χ2n) is 6.20. The van der Waals surface area contributed by atoms with Crippen molar-refractivity contribution in [3.8, 4) is 0 Å². The molecule has 0 aliphatic carbocycles. The van der Waals surface area contributed by atoms with Crippen LogP contribution in [0.5, 0.6) is 0 Å². The molecule has 0 unspecified atom stereocenters. The molecular weight excluding hydrogens is 298 g/mol. The minimum atomic E-state index is -0.420. The molecule has 0 saturated carbocycles. The Labute approximate surface area is 147 Å². The lowest BCUT2D eigenvalue weighted by Gasteiger charge is -2.11. The predicted molar refractivity (Wildman–Crippen MR) is 102 cm³/mol. The van der Waals surface area contributed by atoms with E-state index in [2.05, 4.69) is 11.9 Å². The maximum atomic E-state index is 12.1. The van der Waals surface area contributed by atoms with Crippen LogP contribution in [0.1, 0.15) is 70.8 Å². The number of aliphatic imine (C=N–C) groups is 1. The van der Waals surface area contributed by atoms with Crippen LogP contribution in [0.3, 0.4) is 0 Å². The van der Waals surface area contributed by atoms with E-state index in [1.54, 1.807) is 0 Å². The second-order valence-corrected chi connectivity index (χ2v) is 6.20. The molecule has 0 bridgehead atoms. The third-order valence-electron chi connectivity index (χ3n) is 4.05. The number of rotatable bonds is 13. The molecule has 0 heterocycles. The monoisotopic (exact) mass is 331 g/mol. The minimum Gasteiger partial charge on any atom is -0.464 e. The van der Waals surface area contributed by atoms with Crippen molar-refractivity contribution in [3.05, 3.63) is 35.9 Å². The van der Waals surface area contributed by atoms with E-state index in [0.717, 1.165) is 18.4 Å². The molecule has 24 heavy (non-hydrogen) atoms. The van der Waals surface area contributed by atoms with Gasteiger partial charge in [0.1, 0.15) is 0 Å². The average Bonchev–Trinajstić information content (AvgIpc) is 2.60. The van der Waals surface area contributed by atoms with Gasteiger partial charge in [-0.3, -0.25) is 4.99 Å². The van der Waals surface area contributed by atoms with Crippen molar-refractivity contribution in [2.75, 3.05) is 6.61 Å². The first-order valence-electron chi connectivity index (χ1n) is 9.50. The molecule has 0 aliphatic rings. The largest absolute Gasteiger partial charge is 0.464 e. The Kier molecular flexibility index (Phi) is 11.7. The number of nitrogens with zero attached hydrogens (tertiary/aromatic N) is 1. The number of hydrogen-bond acceptors (Lipinski definition) is 3. The highest BCUT2D eigenvalue weighted by Gasteiger charge is 2.18. The molecule has 3 nitrogen and oxygen atoms in total. The SMILES string of the molecule is CCCCCCCCCC=N[C@@H](Cc1ccccc1)C(=O)OCC. The lowest BCUT2D eigenvalue weighted by molar-refractivity contribution is -0.144. The van der Waals surface area contributed by atoms with Gasteiger partial charge in [-0.15, -0.1) is 0 Å². The summed E-state index contributed by atoms with van der Waals surface area (Å²) in [5.41, 5.74) is 1.11. The molecular formula is C21H33NO2. The van der Waals surface area contributed by atoms with Crippen molar-refractivity contribution in [1.82, 2.24) is 0 Å². The Bertz CT molecular complexity index is 456. The van der Waals surface area contributed by atoms with Crippen molar-refractivity contribution in [3.63, 3.8) is 0 Å². The summed E-state index contributed by atoms with van der Waals surface area (Å²) in [5.74, 6) is -0.225. The zero-order chi connectivity index (χ0) is 17.5. The molecule has 3 heteroatoms. The number of unbranched alkanes of at least 4 members (excludes halogenated alkanes) is 7. The van der Waals surface area contributed by atoms with Gasteiger partial charge in [0, 0.05) is 6.42 Å². The number of carbonyl (C=O) groups is 1. The molecule has 0 fully saturated rings. The lowest BCUT2D eigenvalue weighted by atomic mass is 10.1. The summed E-state index contributed by atoms with van der Waals surface area (Å²) in [6, 6.07) is 9.58. The smallest absolute Gasteiger partial charge is 0.331 e. The molecule has 0 radical (unpaired) electrons. The summed E-state index contributed by atoms with van der Waals surface area (Å²) in [7, 11) is 0. The normalized spacial score (nSPS) is 12.4. The first kappa shape index (κ1) is 20.4. The van der Waals surface area contributed by atoms with E-state index in [-0.39, 0.29) is 5.97 Å². The number of ether oxygens (including phenoxy) is 1. The van der Waals surface area contributed by atoms with Crippen LogP contribution in [-0.2, 0) is 16.0 Å². The molecule has 0 aromatic heterocycles. The van der Waals surface area contributed by atoms with Crippen LogP contribution in [0.4, 0.5) is 0 Å². The summed E-state index contributed by atoms with van der Waals surface area (Å²) in [6.45, 7) is 4.48.